The summed E-state index contributed by atoms with van der Waals surface area (Å²) < 4.78 is 11.5. The molecule has 0 aromatic heterocycles. The minimum absolute atomic E-state index is 0.393. The molecular formula is C19H30N2O2. The zero-order valence-electron chi connectivity index (χ0n) is 14.3. The lowest BCUT2D eigenvalue weighted by Gasteiger charge is -2.35. The van der Waals surface area contributed by atoms with Crippen molar-refractivity contribution in [3.8, 4) is 5.75 Å². The molecule has 2 saturated heterocycles. The number of rotatable bonds is 6. The fraction of sp³-hybridized carbons (Fsp3) is 0.684. The topological polar surface area (TPSA) is 33.7 Å². The van der Waals surface area contributed by atoms with Gasteiger partial charge in [-0.2, -0.15) is 0 Å². The number of nitrogens with zero attached hydrogens (tertiary/aromatic N) is 1. The second kappa shape index (κ2) is 8.67. The van der Waals surface area contributed by atoms with Crippen LogP contribution in [0.1, 0.15) is 31.2 Å². The minimum atomic E-state index is 0.393. The molecule has 0 bridgehead atoms. The number of methoxy groups -OCH3 is 1. The van der Waals surface area contributed by atoms with Crippen LogP contribution in [0.4, 0.5) is 0 Å². The number of hydrogen-bond acceptors (Lipinski definition) is 4. The molecule has 2 aliphatic rings. The number of likely N-dealkylation sites (tertiary alicyclic amines) is 1. The smallest absolute Gasteiger partial charge is 0.124 e. The summed E-state index contributed by atoms with van der Waals surface area (Å²) in [5, 5.41) is 3.45. The highest BCUT2D eigenvalue weighted by Gasteiger charge is 2.23. The Morgan fingerprint density at radius 1 is 1.09 bits per heavy atom. The van der Waals surface area contributed by atoms with E-state index in [-0.39, 0.29) is 0 Å². The molecule has 3 rings (SSSR count). The van der Waals surface area contributed by atoms with E-state index < -0.39 is 0 Å². The lowest BCUT2D eigenvalue weighted by Crippen LogP contribution is -2.41. The molecule has 23 heavy (non-hydrogen) atoms. The molecule has 128 valence electrons. The number of ether oxygens (including phenoxy) is 2. The van der Waals surface area contributed by atoms with Crippen LogP contribution in [0, 0.1) is 5.92 Å². The van der Waals surface area contributed by atoms with Crippen LogP contribution < -0.4 is 10.1 Å². The third-order valence-electron chi connectivity index (χ3n) is 5.18. The molecular weight excluding hydrogens is 288 g/mol. The van der Waals surface area contributed by atoms with Crippen molar-refractivity contribution in [2.24, 2.45) is 5.92 Å². The van der Waals surface area contributed by atoms with Gasteiger partial charge in [0, 0.05) is 25.2 Å². The van der Waals surface area contributed by atoms with Crippen LogP contribution in [0.5, 0.6) is 5.75 Å². The normalized spacial score (nSPS) is 21.4. The molecule has 2 aliphatic heterocycles. The first-order valence-corrected chi connectivity index (χ1v) is 9.01. The van der Waals surface area contributed by atoms with E-state index in [2.05, 4.69) is 16.3 Å². The van der Waals surface area contributed by atoms with Crippen LogP contribution in [0.2, 0.25) is 0 Å². The van der Waals surface area contributed by atoms with Gasteiger partial charge in [0.1, 0.15) is 5.75 Å². The van der Waals surface area contributed by atoms with Gasteiger partial charge in [-0.15, -0.1) is 0 Å². The third kappa shape index (κ3) is 4.93. The van der Waals surface area contributed by atoms with Crippen molar-refractivity contribution in [1.82, 2.24) is 10.2 Å². The van der Waals surface area contributed by atoms with E-state index in [1.807, 2.05) is 18.2 Å². The first-order chi connectivity index (χ1) is 11.3. The predicted molar refractivity (Wildman–Crippen MR) is 92.8 cm³/mol. The van der Waals surface area contributed by atoms with E-state index in [1.54, 1.807) is 7.11 Å². The van der Waals surface area contributed by atoms with Crippen molar-refractivity contribution in [2.45, 2.75) is 38.4 Å². The standard InChI is InChI=1S/C19H30N2O2/c1-22-19-5-3-2-4-17(19)15-23-18-8-12-21(13-9-18)14-16-6-10-20-11-7-16/h2-5,16,18,20H,6-15H2,1H3. The van der Waals surface area contributed by atoms with E-state index in [1.165, 1.54) is 45.6 Å². The van der Waals surface area contributed by atoms with Crippen LogP contribution in [0.3, 0.4) is 0 Å². The Kier molecular flexibility index (Phi) is 6.31. The fourth-order valence-corrected chi connectivity index (χ4v) is 3.72. The van der Waals surface area contributed by atoms with Crippen LogP contribution in [-0.2, 0) is 11.3 Å². The van der Waals surface area contributed by atoms with Gasteiger partial charge in [0.25, 0.3) is 0 Å². The summed E-state index contributed by atoms with van der Waals surface area (Å²) in [7, 11) is 1.72. The summed E-state index contributed by atoms with van der Waals surface area (Å²) >= 11 is 0. The average Bonchev–Trinajstić information content (AvgIpc) is 2.62. The van der Waals surface area contributed by atoms with Crippen molar-refractivity contribution in [2.75, 3.05) is 39.8 Å². The second-order valence-corrected chi connectivity index (χ2v) is 6.82. The van der Waals surface area contributed by atoms with Crippen molar-refractivity contribution >= 4 is 0 Å². The van der Waals surface area contributed by atoms with E-state index >= 15 is 0 Å². The number of para-hydroxylation sites is 1. The maximum Gasteiger partial charge on any atom is 0.124 e. The summed E-state index contributed by atoms with van der Waals surface area (Å²) in [6, 6.07) is 8.13. The van der Waals surface area contributed by atoms with Gasteiger partial charge in [0.15, 0.2) is 0 Å². The Hall–Kier alpha value is -1.10. The lowest BCUT2D eigenvalue weighted by molar-refractivity contribution is -0.00639. The molecule has 4 nitrogen and oxygen atoms in total. The molecule has 1 aromatic rings. The molecule has 2 heterocycles. The number of benzene rings is 1. The average molecular weight is 318 g/mol. The van der Waals surface area contributed by atoms with Crippen molar-refractivity contribution in [1.29, 1.82) is 0 Å². The highest BCUT2D eigenvalue weighted by Crippen LogP contribution is 2.22. The molecule has 0 amide bonds. The number of hydrogen-bond donors (Lipinski definition) is 1. The molecule has 0 saturated carbocycles. The zero-order chi connectivity index (χ0) is 15.9. The van der Waals surface area contributed by atoms with E-state index in [4.69, 9.17) is 9.47 Å². The molecule has 0 atom stereocenters. The Morgan fingerprint density at radius 2 is 1.83 bits per heavy atom. The van der Waals surface area contributed by atoms with Crippen molar-refractivity contribution < 1.29 is 9.47 Å². The molecule has 0 spiro atoms. The quantitative estimate of drug-likeness (QED) is 0.874. The highest BCUT2D eigenvalue weighted by molar-refractivity contribution is 5.32. The van der Waals surface area contributed by atoms with Gasteiger partial charge in [0.05, 0.1) is 19.8 Å². The third-order valence-corrected chi connectivity index (χ3v) is 5.18. The summed E-state index contributed by atoms with van der Waals surface area (Å²) in [6.45, 7) is 6.69. The monoisotopic (exact) mass is 318 g/mol. The van der Waals surface area contributed by atoms with Gasteiger partial charge in [-0.05, 0) is 50.8 Å². The Morgan fingerprint density at radius 3 is 2.57 bits per heavy atom. The Balaban J connectivity index is 1.39. The lowest BCUT2D eigenvalue weighted by atomic mass is 9.96. The molecule has 2 fully saturated rings. The summed E-state index contributed by atoms with van der Waals surface area (Å²) in [6.07, 6.45) is 5.37. The van der Waals surface area contributed by atoms with Crippen LogP contribution in [0.15, 0.2) is 24.3 Å². The van der Waals surface area contributed by atoms with Gasteiger partial charge >= 0.3 is 0 Å². The predicted octanol–water partition coefficient (Wildman–Crippen LogP) is 2.68. The van der Waals surface area contributed by atoms with E-state index in [0.717, 1.165) is 30.1 Å². The first kappa shape index (κ1) is 16.7. The van der Waals surface area contributed by atoms with Crippen LogP contribution >= 0.6 is 0 Å². The largest absolute Gasteiger partial charge is 0.496 e. The minimum Gasteiger partial charge on any atom is -0.496 e. The van der Waals surface area contributed by atoms with Gasteiger partial charge in [-0.3, -0.25) is 0 Å². The number of piperidine rings is 2. The van der Waals surface area contributed by atoms with Crippen LogP contribution in [-0.4, -0.2) is 50.8 Å². The van der Waals surface area contributed by atoms with E-state index in [9.17, 15) is 0 Å². The maximum atomic E-state index is 6.13. The van der Waals surface area contributed by atoms with Crippen molar-refractivity contribution in [3.63, 3.8) is 0 Å². The summed E-state index contributed by atoms with van der Waals surface area (Å²) in [5.74, 6) is 1.82. The molecule has 1 aromatic carbocycles. The Labute approximate surface area is 140 Å². The van der Waals surface area contributed by atoms with Gasteiger partial charge in [-0.25, -0.2) is 0 Å². The Bertz CT molecular complexity index is 466. The molecule has 4 heteroatoms. The molecule has 0 radical (unpaired) electrons. The highest BCUT2D eigenvalue weighted by atomic mass is 16.5. The van der Waals surface area contributed by atoms with E-state index in [0.29, 0.717) is 12.7 Å². The summed E-state index contributed by atoms with van der Waals surface area (Å²) in [4.78, 5) is 2.64. The SMILES string of the molecule is COc1ccccc1COC1CCN(CC2CCNCC2)CC1. The van der Waals surface area contributed by atoms with Crippen molar-refractivity contribution in [3.05, 3.63) is 29.8 Å². The zero-order valence-corrected chi connectivity index (χ0v) is 14.3. The first-order valence-electron chi connectivity index (χ1n) is 9.01. The second-order valence-electron chi connectivity index (χ2n) is 6.82. The fourth-order valence-electron chi connectivity index (χ4n) is 3.72. The van der Waals surface area contributed by atoms with Gasteiger partial charge in [-0.1, -0.05) is 18.2 Å². The molecule has 0 aliphatic carbocycles. The molecule has 1 N–H and O–H groups in total. The van der Waals surface area contributed by atoms with Gasteiger partial charge in [0.2, 0.25) is 0 Å². The van der Waals surface area contributed by atoms with Crippen LogP contribution in [0.25, 0.3) is 0 Å². The maximum absolute atomic E-state index is 6.13. The summed E-state index contributed by atoms with van der Waals surface area (Å²) in [5.41, 5.74) is 1.15. The molecule has 0 unspecified atom stereocenters. The number of nitrogens with one attached hydrogen (secondary N) is 1. The van der Waals surface area contributed by atoms with Gasteiger partial charge < -0.3 is 19.7 Å².